The van der Waals surface area contributed by atoms with Crippen molar-refractivity contribution in [3.05, 3.63) is 62.7 Å². The monoisotopic (exact) mass is 349 g/mol. The highest BCUT2D eigenvalue weighted by atomic mass is 127. The molecule has 0 spiro atoms. The van der Waals surface area contributed by atoms with E-state index in [0.29, 0.717) is 6.04 Å². The highest BCUT2D eigenvalue weighted by Crippen LogP contribution is 2.26. The molecule has 1 nitrogen and oxygen atoms in total. The van der Waals surface area contributed by atoms with Gasteiger partial charge < -0.3 is 5.32 Å². The summed E-state index contributed by atoms with van der Waals surface area (Å²) in [7, 11) is 0. The number of rotatable bonds is 2. The third-order valence-electron chi connectivity index (χ3n) is 3.60. The van der Waals surface area contributed by atoms with Crippen molar-refractivity contribution in [1.29, 1.82) is 0 Å². The second kappa shape index (κ2) is 4.92. The van der Waals surface area contributed by atoms with E-state index in [1.807, 2.05) is 0 Å². The van der Waals surface area contributed by atoms with Crippen LogP contribution < -0.4 is 5.32 Å². The molecule has 0 aliphatic heterocycles. The first-order valence-corrected chi connectivity index (χ1v) is 7.40. The van der Waals surface area contributed by atoms with Crippen molar-refractivity contribution < 1.29 is 0 Å². The molecule has 0 saturated heterocycles. The summed E-state index contributed by atoms with van der Waals surface area (Å²) in [6, 6.07) is 15.9. The summed E-state index contributed by atoms with van der Waals surface area (Å²) in [4.78, 5) is 0. The van der Waals surface area contributed by atoms with E-state index in [1.165, 1.54) is 25.9 Å². The molecule has 1 aliphatic rings. The van der Waals surface area contributed by atoms with E-state index in [-0.39, 0.29) is 0 Å². The fourth-order valence-electron chi connectivity index (χ4n) is 2.67. The van der Waals surface area contributed by atoms with Gasteiger partial charge in [0.1, 0.15) is 0 Å². The van der Waals surface area contributed by atoms with Gasteiger partial charge in [-0.3, -0.25) is 0 Å². The molecular weight excluding hydrogens is 333 g/mol. The Morgan fingerprint density at radius 1 is 1.06 bits per heavy atom. The lowest BCUT2D eigenvalue weighted by molar-refractivity contribution is 0.773. The molecule has 2 aromatic carbocycles. The van der Waals surface area contributed by atoms with Crippen LogP contribution in [0.3, 0.4) is 0 Å². The van der Waals surface area contributed by atoms with Crippen LogP contribution in [0.4, 0.5) is 5.69 Å². The lowest BCUT2D eigenvalue weighted by Crippen LogP contribution is -2.20. The molecule has 3 rings (SSSR count). The van der Waals surface area contributed by atoms with Gasteiger partial charge in [0, 0.05) is 15.3 Å². The summed E-state index contributed by atoms with van der Waals surface area (Å²) >= 11 is 2.36. The number of benzene rings is 2. The van der Waals surface area contributed by atoms with Gasteiger partial charge in [-0.15, -0.1) is 0 Å². The molecule has 0 atom stereocenters. The molecule has 2 heteroatoms. The maximum atomic E-state index is 3.68. The molecule has 0 fully saturated rings. The van der Waals surface area contributed by atoms with E-state index >= 15 is 0 Å². The zero-order chi connectivity index (χ0) is 12.5. The van der Waals surface area contributed by atoms with Crippen molar-refractivity contribution in [2.45, 2.75) is 25.8 Å². The molecule has 0 radical (unpaired) electrons. The molecular formula is C16H16IN. The van der Waals surface area contributed by atoms with Gasteiger partial charge in [0.25, 0.3) is 0 Å². The predicted molar refractivity (Wildman–Crippen MR) is 85.2 cm³/mol. The zero-order valence-corrected chi connectivity index (χ0v) is 12.6. The van der Waals surface area contributed by atoms with Gasteiger partial charge in [-0.1, -0.05) is 24.3 Å². The minimum absolute atomic E-state index is 0.543. The Morgan fingerprint density at radius 2 is 1.72 bits per heavy atom. The van der Waals surface area contributed by atoms with E-state index < -0.39 is 0 Å². The quantitative estimate of drug-likeness (QED) is 0.802. The van der Waals surface area contributed by atoms with Crippen molar-refractivity contribution >= 4 is 28.3 Å². The van der Waals surface area contributed by atoms with Crippen molar-refractivity contribution in [1.82, 2.24) is 0 Å². The maximum Gasteiger partial charge on any atom is 0.0372 e. The van der Waals surface area contributed by atoms with E-state index in [4.69, 9.17) is 0 Å². The number of nitrogens with one attached hydrogen (secondary N) is 1. The number of hydrogen-bond donors (Lipinski definition) is 1. The molecule has 0 bridgehead atoms. The van der Waals surface area contributed by atoms with Crippen LogP contribution >= 0.6 is 22.6 Å². The smallest absolute Gasteiger partial charge is 0.0372 e. The second-order valence-electron chi connectivity index (χ2n) is 4.98. The van der Waals surface area contributed by atoms with E-state index in [1.54, 1.807) is 0 Å². The molecule has 1 N–H and O–H groups in total. The van der Waals surface area contributed by atoms with Crippen LogP contribution in [0.15, 0.2) is 42.5 Å². The zero-order valence-electron chi connectivity index (χ0n) is 10.4. The molecule has 18 heavy (non-hydrogen) atoms. The number of hydrogen-bond acceptors (Lipinski definition) is 1. The lowest BCUT2D eigenvalue weighted by Gasteiger charge is -2.16. The average molecular weight is 349 g/mol. The number of anilines is 1. The number of aryl methyl sites for hydroxylation is 1. The largest absolute Gasteiger partial charge is 0.381 e. The molecule has 0 heterocycles. The Kier molecular flexibility index (Phi) is 3.29. The van der Waals surface area contributed by atoms with Crippen LogP contribution in [0.2, 0.25) is 0 Å². The molecule has 2 aromatic rings. The molecule has 0 saturated carbocycles. The van der Waals surface area contributed by atoms with Gasteiger partial charge in [0.05, 0.1) is 0 Å². The normalized spacial score (nSPS) is 14.6. The third kappa shape index (κ3) is 2.39. The predicted octanol–water partition coefficient (Wildman–Crippen LogP) is 4.18. The van der Waals surface area contributed by atoms with Crippen LogP contribution in [-0.2, 0) is 12.8 Å². The van der Waals surface area contributed by atoms with Gasteiger partial charge >= 0.3 is 0 Å². The van der Waals surface area contributed by atoms with Crippen LogP contribution in [-0.4, -0.2) is 6.04 Å². The van der Waals surface area contributed by atoms with Gasteiger partial charge in [-0.25, -0.2) is 0 Å². The van der Waals surface area contributed by atoms with Crippen LogP contribution in [0.5, 0.6) is 0 Å². The lowest BCUT2D eigenvalue weighted by atomic mass is 10.1. The first-order valence-electron chi connectivity index (χ1n) is 6.32. The van der Waals surface area contributed by atoms with Gasteiger partial charge in [0.15, 0.2) is 0 Å². The number of fused-ring (bicyclic) bond motifs is 1. The molecule has 0 unspecified atom stereocenters. The summed E-state index contributed by atoms with van der Waals surface area (Å²) in [5.41, 5.74) is 5.60. The van der Waals surface area contributed by atoms with E-state index in [2.05, 4.69) is 77.3 Å². The Labute approximate surface area is 122 Å². The molecule has 92 valence electrons. The Balaban J connectivity index is 1.76. The van der Waals surface area contributed by atoms with Gasteiger partial charge in [-0.05, 0) is 77.2 Å². The van der Waals surface area contributed by atoms with Crippen molar-refractivity contribution in [3.8, 4) is 0 Å². The van der Waals surface area contributed by atoms with Crippen molar-refractivity contribution in [3.63, 3.8) is 0 Å². The highest BCUT2D eigenvalue weighted by Gasteiger charge is 2.20. The van der Waals surface area contributed by atoms with Gasteiger partial charge in [-0.2, -0.15) is 0 Å². The summed E-state index contributed by atoms with van der Waals surface area (Å²) in [6.07, 6.45) is 2.28. The summed E-state index contributed by atoms with van der Waals surface area (Å²) in [5.74, 6) is 0. The molecule has 0 amide bonds. The van der Waals surface area contributed by atoms with Crippen LogP contribution in [0.1, 0.15) is 16.7 Å². The topological polar surface area (TPSA) is 12.0 Å². The third-order valence-corrected chi connectivity index (χ3v) is 4.27. The van der Waals surface area contributed by atoms with Crippen molar-refractivity contribution in [2.24, 2.45) is 0 Å². The molecule has 0 aromatic heterocycles. The van der Waals surface area contributed by atoms with Crippen LogP contribution in [0, 0.1) is 10.5 Å². The second-order valence-corrected chi connectivity index (χ2v) is 6.22. The average Bonchev–Trinajstić information content (AvgIpc) is 2.75. The standard InChI is InChI=1S/C16H16IN/c1-11-8-14(17)6-7-16(11)18-15-9-12-4-2-3-5-13(12)10-15/h2-8,15,18H,9-10H2,1H3. The number of halogens is 1. The molecule has 1 aliphatic carbocycles. The minimum atomic E-state index is 0.543. The minimum Gasteiger partial charge on any atom is -0.381 e. The first-order chi connectivity index (χ1) is 8.72. The fraction of sp³-hybridized carbons (Fsp3) is 0.250. The van der Waals surface area contributed by atoms with Gasteiger partial charge in [0.2, 0.25) is 0 Å². The fourth-order valence-corrected chi connectivity index (χ4v) is 3.32. The Bertz CT molecular complexity index is 552. The first kappa shape index (κ1) is 12.0. The SMILES string of the molecule is Cc1cc(I)ccc1NC1Cc2ccccc2C1. The van der Waals surface area contributed by atoms with Crippen LogP contribution in [0.25, 0.3) is 0 Å². The summed E-state index contributed by atoms with van der Waals surface area (Å²) in [5, 5.41) is 3.68. The maximum absolute atomic E-state index is 3.68. The Hall–Kier alpha value is -1.03. The van der Waals surface area contributed by atoms with E-state index in [0.717, 1.165) is 12.8 Å². The summed E-state index contributed by atoms with van der Waals surface area (Å²) < 4.78 is 1.30. The Morgan fingerprint density at radius 3 is 2.33 bits per heavy atom. The summed E-state index contributed by atoms with van der Waals surface area (Å²) in [6.45, 7) is 2.17. The highest BCUT2D eigenvalue weighted by molar-refractivity contribution is 14.1. The van der Waals surface area contributed by atoms with E-state index in [9.17, 15) is 0 Å². The van der Waals surface area contributed by atoms with Crippen molar-refractivity contribution in [2.75, 3.05) is 5.32 Å².